The van der Waals surface area contributed by atoms with Gasteiger partial charge in [0.25, 0.3) is 5.91 Å². The van der Waals surface area contributed by atoms with Gasteiger partial charge in [0.1, 0.15) is 6.54 Å². The fourth-order valence-electron chi connectivity index (χ4n) is 3.41. The van der Waals surface area contributed by atoms with E-state index in [4.69, 9.17) is 5.11 Å². The highest BCUT2D eigenvalue weighted by molar-refractivity contribution is 8.00. The van der Waals surface area contributed by atoms with Crippen LogP contribution in [-0.4, -0.2) is 63.6 Å². The molecule has 2 amide bonds. The summed E-state index contributed by atoms with van der Waals surface area (Å²) in [7, 11) is 0. The molecule has 1 aromatic rings. The highest BCUT2D eigenvalue weighted by Crippen LogP contribution is 2.28. The average Bonchev–Trinajstić information content (AvgIpc) is 2.84. The molecule has 1 heterocycles. The van der Waals surface area contributed by atoms with E-state index in [-0.39, 0.29) is 24.4 Å². The highest BCUT2D eigenvalue weighted by atomic mass is 32.2. The monoisotopic (exact) mass is 392 g/mol. The molecule has 148 valence electrons. The van der Waals surface area contributed by atoms with Crippen LogP contribution >= 0.6 is 11.8 Å². The number of hydrogen-bond donors (Lipinski definition) is 1. The first kappa shape index (κ1) is 21.3. The van der Waals surface area contributed by atoms with Crippen LogP contribution in [0.25, 0.3) is 0 Å². The van der Waals surface area contributed by atoms with Crippen LogP contribution in [0, 0.1) is 0 Å². The Morgan fingerprint density at radius 3 is 2.56 bits per heavy atom. The van der Waals surface area contributed by atoms with Crippen LogP contribution in [0.2, 0.25) is 0 Å². The van der Waals surface area contributed by atoms with Crippen molar-refractivity contribution in [2.45, 2.75) is 56.2 Å². The molecule has 1 aliphatic rings. The van der Waals surface area contributed by atoms with E-state index in [2.05, 4.69) is 13.8 Å². The van der Waals surface area contributed by atoms with E-state index in [0.29, 0.717) is 36.7 Å². The minimum Gasteiger partial charge on any atom is -0.480 e. The Morgan fingerprint density at radius 1 is 1.22 bits per heavy atom. The van der Waals surface area contributed by atoms with E-state index in [0.717, 1.165) is 11.3 Å². The number of thioether (sulfide) groups is 1. The molecule has 7 heteroatoms. The molecule has 1 atom stereocenters. The molecule has 0 aromatic heterocycles. The second-order valence-corrected chi connectivity index (χ2v) is 8.70. The Morgan fingerprint density at radius 2 is 1.93 bits per heavy atom. The van der Waals surface area contributed by atoms with E-state index in [9.17, 15) is 14.4 Å². The van der Waals surface area contributed by atoms with Gasteiger partial charge >= 0.3 is 5.97 Å². The fourth-order valence-corrected chi connectivity index (χ4v) is 4.35. The maximum Gasteiger partial charge on any atom is 0.323 e. The zero-order valence-electron chi connectivity index (χ0n) is 16.2. The average molecular weight is 393 g/mol. The number of carbonyl (C=O) groups is 3. The number of carboxylic acid groups (broad SMARTS) is 1. The smallest absolute Gasteiger partial charge is 0.323 e. The molecule has 1 saturated heterocycles. The summed E-state index contributed by atoms with van der Waals surface area (Å²) in [5.74, 6) is -1.24. The molecule has 1 N–H and O–H groups in total. The third-order valence-corrected chi connectivity index (χ3v) is 5.70. The highest BCUT2D eigenvalue weighted by Gasteiger charge is 2.28. The Hall–Kier alpha value is -2.02. The third kappa shape index (κ3) is 5.99. The van der Waals surface area contributed by atoms with Crippen LogP contribution in [0.1, 0.15) is 50.4 Å². The summed E-state index contributed by atoms with van der Waals surface area (Å²) in [5, 5.41) is 9.45. The lowest BCUT2D eigenvalue weighted by Gasteiger charge is -2.29. The summed E-state index contributed by atoms with van der Waals surface area (Å²) >= 11 is 1.67. The minimum absolute atomic E-state index is 0.00649. The molecule has 0 spiro atoms. The van der Waals surface area contributed by atoms with Gasteiger partial charge in [-0.25, -0.2) is 0 Å². The van der Waals surface area contributed by atoms with Crippen LogP contribution in [0.5, 0.6) is 0 Å². The molecule has 6 nitrogen and oxygen atoms in total. The van der Waals surface area contributed by atoms with Crippen molar-refractivity contribution in [3.63, 3.8) is 0 Å². The molecule has 1 fully saturated rings. The van der Waals surface area contributed by atoms with Gasteiger partial charge in [-0.1, -0.05) is 26.0 Å². The zero-order valence-corrected chi connectivity index (χ0v) is 17.0. The number of rotatable bonds is 6. The maximum absolute atomic E-state index is 13.1. The van der Waals surface area contributed by atoms with E-state index >= 15 is 0 Å². The number of benzene rings is 1. The molecule has 27 heavy (non-hydrogen) atoms. The lowest BCUT2D eigenvalue weighted by atomic mass is 10.1. The predicted molar refractivity (Wildman–Crippen MR) is 106 cm³/mol. The Bertz CT molecular complexity index is 692. The van der Waals surface area contributed by atoms with E-state index < -0.39 is 5.97 Å². The van der Waals surface area contributed by atoms with Crippen LogP contribution in [0.4, 0.5) is 0 Å². The first-order chi connectivity index (χ1) is 12.8. The maximum atomic E-state index is 13.1. The second kappa shape index (κ2) is 9.78. The van der Waals surface area contributed by atoms with Gasteiger partial charge in [-0.05, 0) is 31.4 Å². The van der Waals surface area contributed by atoms with Crippen molar-refractivity contribution in [1.29, 1.82) is 0 Å². The predicted octanol–water partition coefficient (Wildman–Crippen LogP) is 3.11. The normalized spacial score (nSPS) is 17.5. The molecular weight excluding hydrogens is 364 g/mol. The molecule has 1 aromatic carbocycles. The molecule has 0 aliphatic carbocycles. The van der Waals surface area contributed by atoms with Crippen LogP contribution < -0.4 is 0 Å². The first-order valence-electron chi connectivity index (χ1n) is 9.33. The van der Waals surface area contributed by atoms with Crippen molar-refractivity contribution in [2.24, 2.45) is 0 Å². The standard InChI is InChI=1S/C20H28N2O4S/c1-14(2)27-18-9-5-4-8-17(18)20(26)21-11-6-7-16(10-12-21)22(15(3)23)13-19(24)25/h4-5,8-9,14,16H,6-7,10-13H2,1-3H3,(H,24,25). The van der Waals surface area contributed by atoms with Crippen molar-refractivity contribution in [2.75, 3.05) is 19.6 Å². The number of hydrogen-bond acceptors (Lipinski definition) is 4. The molecule has 0 saturated carbocycles. The number of carboxylic acids is 1. The Balaban J connectivity index is 2.11. The van der Waals surface area contributed by atoms with Crippen molar-refractivity contribution in [3.8, 4) is 0 Å². The first-order valence-corrected chi connectivity index (χ1v) is 10.2. The van der Waals surface area contributed by atoms with Crippen molar-refractivity contribution in [3.05, 3.63) is 29.8 Å². The number of carbonyl (C=O) groups excluding carboxylic acids is 2. The number of amides is 2. The summed E-state index contributed by atoms with van der Waals surface area (Å²) in [6, 6.07) is 7.51. The SMILES string of the molecule is CC(=O)N(CC(=O)O)C1CCCN(C(=O)c2ccccc2SC(C)C)CC1. The molecule has 1 unspecified atom stereocenters. The summed E-state index contributed by atoms with van der Waals surface area (Å²) < 4.78 is 0. The minimum atomic E-state index is -1.01. The van der Waals surface area contributed by atoms with Crippen LogP contribution in [-0.2, 0) is 9.59 Å². The zero-order chi connectivity index (χ0) is 20.0. The Kier molecular flexibility index (Phi) is 7.71. The van der Waals surface area contributed by atoms with Crippen LogP contribution in [0.15, 0.2) is 29.2 Å². The summed E-state index contributed by atoms with van der Waals surface area (Å²) in [6.07, 6.45) is 2.05. The van der Waals surface area contributed by atoms with E-state index in [1.54, 1.807) is 11.8 Å². The van der Waals surface area contributed by atoms with Gasteiger partial charge in [0.15, 0.2) is 0 Å². The molecule has 1 aliphatic heterocycles. The second-order valence-electron chi connectivity index (χ2n) is 7.08. The number of nitrogens with zero attached hydrogens (tertiary/aromatic N) is 2. The fraction of sp³-hybridized carbons (Fsp3) is 0.550. The van der Waals surface area contributed by atoms with Gasteiger partial charge in [-0.3, -0.25) is 14.4 Å². The lowest BCUT2D eigenvalue weighted by molar-refractivity contribution is -0.145. The van der Waals surface area contributed by atoms with Crippen molar-refractivity contribution >= 4 is 29.5 Å². The van der Waals surface area contributed by atoms with Crippen molar-refractivity contribution in [1.82, 2.24) is 9.80 Å². The summed E-state index contributed by atoms with van der Waals surface area (Å²) in [6.45, 7) is 6.45. The summed E-state index contributed by atoms with van der Waals surface area (Å²) in [4.78, 5) is 40.2. The summed E-state index contributed by atoms with van der Waals surface area (Å²) in [5.41, 5.74) is 0.712. The topological polar surface area (TPSA) is 77.9 Å². The largest absolute Gasteiger partial charge is 0.480 e. The van der Waals surface area contributed by atoms with Gasteiger partial charge in [0, 0.05) is 36.2 Å². The van der Waals surface area contributed by atoms with E-state index in [1.807, 2.05) is 29.2 Å². The molecular formula is C20H28N2O4S. The van der Waals surface area contributed by atoms with E-state index in [1.165, 1.54) is 11.8 Å². The van der Waals surface area contributed by atoms with Gasteiger partial charge in [0.05, 0.1) is 5.56 Å². The van der Waals surface area contributed by atoms with Crippen LogP contribution in [0.3, 0.4) is 0 Å². The number of likely N-dealkylation sites (tertiary alicyclic amines) is 1. The van der Waals surface area contributed by atoms with Gasteiger partial charge < -0.3 is 14.9 Å². The van der Waals surface area contributed by atoms with Gasteiger partial charge in [-0.2, -0.15) is 0 Å². The van der Waals surface area contributed by atoms with Gasteiger partial charge in [0.2, 0.25) is 5.91 Å². The Labute approximate surface area is 164 Å². The van der Waals surface area contributed by atoms with Crippen molar-refractivity contribution < 1.29 is 19.5 Å². The molecule has 2 rings (SSSR count). The lowest BCUT2D eigenvalue weighted by Crippen LogP contribution is -2.43. The quantitative estimate of drug-likeness (QED) is 0.753. The molecule has 0 bridgehead atoms. The third-order valence-electron chi connectivity index (χ3n) is 4.62. The molecule has 0 radical (unpaired) electrons. The number of aliphatic carboxylic acids is 1. The van der Waals surface area contributed by atoms with Gasteiger partial charge in [-0.15, -0.1) is 11.8 Å².